The fourth-order valence-corrected chi connectivity index (χ4v) is 7.23. The number of fused-ring (bicyclic) bond motifs is 2. The van der Waals surface area contributed by atoms with E-state index in [4.69, 9.17) is 6.42 Å². The van der Waals surface area contributed by atoms with E-state index in [2.05, 4.69) is 16.1 Å². The molecule has 240 valence electrons. The van der Waals surface area contributed by atoms with Crippen molar-refractivity contribution >= 4 is 43.2 Å². The van der Waals surface area contributed by atoms with Crippen LogP contribution in [0.15, 0.2) is 70.1 Å². The number of amides is 1. The molecule has 4 rings (SSSR count). The molecule has 0 saturated carbocycles. The first-order valence-corrected chi connectivity index (χ1v) is 17.5. The van der Waals surface area contributed by atoms with Crippen LogP contribution in [0.2, 0.25) is 0 Å². The third kappa shape index (κ3) is 6.92. The zero-order valence-corrected chi connectivity index (χ0v) is 27.8. The van der Waals surface area contributed by atoms with Crippen molar-refractivity contribution in [2.45, 2.75) is 74.0 Å². The molecule has 2 aliphatic rings. The standard InChI is InChI=1S/C33H39N3O7S2/c1-7-19-34-31(37)14-9-8-10-20-36-28-18-16-24(45(41,42)43)22-26(28)33(4,5)30(36)13-11-12-29-32(2,3)25-21-23(44(38,39)40)15-17-27(25)35(29)6/h1,11-13,15-18,21-22H,8-10,14,19-20H2,2-6H3,(H2-,34,37,38,39,40,41,42,43). The number of benzene rings is 2. The van der Waals surface area contributed by atoms with Crippen LogP contribution in [0.3, 0.4) is 0 Å². The summed E-state index contributed by atoms with van der Waals surface area (Å²) in [5, 5.41) is 2.67. The van der Waals surface area contributed by atoms with Gasteiger partial charge in [0.05, 0.1) is 21.8 Å². The molecule has 0 aliphatic carbocycles. The Morgan fingerprint density at radius 3 is 2.33 bits per heavy atom. The predicted octanol–water partition coefficient (Wildman–Crippen LogP) is 4.39. The van der Waals surface area contributed by atoms with Crippen LogP contribution < -0.4 is 10.2 Å². The van der Waals surface area contributed by atoms with Gasteiger partial charge in [-0.3, -0.25) is 9.35 Å². The van der Waals surface area contributed by atoms with E-state index in [1.54, 1.807) is 12.1 Å². The van der Waals surface area contributed by atoms with E-state index in [1.807, 2.05) is 57.5 Å². The molecule has 2 aromatic rings. The minimum atomic E-state index is -4.61. The molecule has 0 unspecified atom stereocenters. The van der Waals surface area contributed by atoms with Crippen LogP contribution in [-0.4, -0.2) is 62.3 Å². The number of nitrogens with one attached hydrogen (secondary N) is 1. The Kier molecular flexibility index (Phi) is 9.52. The van der Waals surface area contributed by atoms with Gasteiger partial charge in [0.1, 0.15) is 17.2 Å². The monoisotopic (exact) mass is 653 g/mol. The molecule has 0 spiro atoms. The maximum Gasteiger partial charge on any atom is 0.294 e. The second-order valence-electron chi connectivity index (χ2n) is 12.3. The summed E-state index contributed by atoms with van der Waals surface area (Å²) in [5.74, 6) is 2.30. The van der Waals surface area contributed by atoms with E-state index in [0.717, 1.165) is 46.8 Å². The highest BCUT2D eigenvalue weighted by Gasteiger charge is 2.44. The highest BCUT2D eigenvalue weighted by molar-refractivity contribution is 7.86. The number of allylic oxidation sites excluding steroid dienone is 4. The lowest BCUT2D eigenvalue weighted by Crippen LogP contribution is -2.28. The van der Waals surface area contributed by atoms with Crippen LogP contribution >= 0.6 is 0 Å². The summed E-state index contributed by atoms with van der Waals surface area (Å²) < 4.78 is 70.7. The van der Waals surface area contributed by atoms with Gasteiger partial charge in [-0.2, -0.15) is 13.0 Å². The second kappa shape index (κ2) is 12.6. The Labute approximate surface area is 266 Å². The molecule has 2 heterocycles. The Morgan fingerprint density at radius 2 is 1.69 bits per heavy atom. The minimum Gasteiger partial charge on any atom is -0.744 e. The van der Waals surface area contributed by atoms with Crippen LogP contribution in [0, 0.1) is 12.3 Å². The first-order chi connectivity index (χ1) is 20.9. The van der Waals surface area contributed by atoms with Crippen LogP contribution in [0.5, 0.6) is 0 Å². The summed E-state index contributed by atoms with van der Waals surface area (Å²) in [6.07, 6.45) is 13.7. The average molecular weight is 654 g/mol. The highest BCUT2D eigenvalue weighted by Crippen LogP contribution is 2.48. The predicted molar refractivity (Wildman–Crippen MR) is 172 cm³/mol. The molecule has 0 saturated heterocycles. The van der Waals surface area contributed by atoms with Crippen molar-refractivity contribution in [2.24, 2.45) is 0 Å². The molecule has 2 aromatic carbocycles. The van der Waals surface area contributed by atoms with E-state index >= 15 is 0 Å². The van der Waals surface area contributed by atoms with Gasteiger partial charge in [-0.15, -0.1) is 6.42 Å². The molecule has 0 radical (unpaired) electrons. The van der Waals surface area contributed by atoms with Gasteiger partial charge in [-0.1, -0.05) is 32.3 Å². The van der Waals surface area contributed by atoms with Crippen LogP contribution in [0.4, 0.5) is 11.4 Å². The van der Waals surface area contributed by atoms with Gasteiger partial charge in [0.15, 0.2) is 5.71 Å². The van der Waals surface area contributed by atoms with E-state index < -0.39 is 31.1 Å². The second-order valence-corrected chi connectivity index (χ2v) is 15.1. The van der Waals surface area contributed by atoms with Crippen LogP contribution in [0.25, 0.3) is 0 Å². The normalized spacial score (nSPS) is 17.9. The van der Waals surface area contributed by atoms with E-state index in [1.165, 1.54) is 24.3 Å². The van der Waals surface area contributed by atoms with Crippen molar-refractivity contribution < 1.29 is 35.3 Å². The molecular formula is C33H39N3O7S2. The third-order valence-electron chi connectivity index (χ3n) is 8.64. The number of unbranched alkanes of at least 4 members (excludes halogenated alkanes) is 2. The quantitative estimate of drug-likeness (QED) is 0.157. The molecule has 1 amide bonds. The number of rotatable bonds is 11. The van der Waals surface area contributed by atoms with Crippen molar-refractivity contribution in [1.82, 2.24) is 5.32 Å². The van der Waals surface area contributed by atoms with E-state index in [9.17, 15) is 30.7 Å². The summed E-state index contributed by atoms with van der Waals surface area (Å²) in [6.45, 7) is 8.74. The first-order valence-electron chi connectivity index (χ1n) is 14.6. The smallest absolute Gasteiger partial charge is 0.294 e. The van der Waals surface area contributed by atoms with E-state index in [0.29, 0.717) is 19.4 Å². The van der Waals surface area contributed by atoms with Crippen molar-refractivity contribution in [3.05, 3.63) is 71.5 Å². The Morgan fingerprint density at radius 1 is 1.02 bits per heavy atom. The lowest BCUT2D eigenvalue weighted by molar-refractivity contribution is -0.401. The van der Waals surface area contributed by atoms with Gasteiger partial charge in [0, 0.05) is 47.5 Å². The van der Waals surface area contributed by atoms with Gasteiger partial charge < -0.3 is 14.8 Å². The minimum absolute atomic E-state index is 0.0885. The molecule has 0 fully saturated rings. The summed E-state index contributed by atoms with van der Waals surface area (Å²) in [4.78, 5) is 13.6. The fourth-order valence-electron chi connectivity index (χ4n) is 6.23. The van der Waals surface area contributed by atoms with Crippen molar-refractivity contribution in [3.8, 4) is 12.3 Å². The zero-order valence-electron chi connectivity index (χ0n) is 26.1. The lowest BCUT2D eigenvalue weighted by Gasteiger charge is -2.27. The number of nitrogens with zero attached hydrogens (tertiary/aromatic N) is 2. The number of terminal acetylenes is 1. The summed E-state index contributed by atoms with van der Waals surface area (Å²) >= 11 is 0. The number of hydrogen-bond acceptors (Lipinski definition) is 7. The molecule has 45 heavy (non-hydrogen) atoms. The molecule has 0 bridgehead atoms. The zero-order chi connectivity index (χ0) is 33.4. The maximum atomic E-state index is 12.0. The summed E-state index contributed by atoms with van der Waals surface area (Å²) in [6, 6.07) is 9.02. The van der Waals surface area contributed by atoms with Gasteiger partial charge in [0.25, 0.3) is 10.1 Å². The molecule has 12 heteroatoms. The SMILES string of the molecule is C#CCNC(=O)CCCCCN1C(=CC=CC2=[N+](C)c3ccc(S(=O)(=O)[O-])cc3C2(C)C)C(C)(C)c2cc(S(=O)(=O)O)ccc21. The topological polar surface area (TPSA) is 147 Å². The Hall–Kier alpha value is -3.76. The van der Waals surface area contributed by atoms with Crippen LogP contribution in [0.1, 0.15) is 64.5 Å². The van der Waals surface area contributed by atoms with E-state index in [-0.39, 0.29) is 22.2 Å². The number of anilines is 1. The highest BCUT2D eigenvalue weighted by atomic mass is 32.2. The van der Waals surface area contributed by atoms with Crippen molar-refractivity contribution in [1.29, 1.82) is 0 Å². The van der Waals surface area contributed by atoms with Crippen LogP contribution in [-0.2, 0) is 35.9 Å². The molecule has 0 aromatic heterocycles. The van der Waals surface area contributed by atoms with Gasteiger partial charge in [-0.25, -0.2) is 8.42 Å². The molecule has 2 N–H and O–H groups in total. The first kappa shape index (κ1) is 34.1. The molecule has 2 aliphatic heterocycles. The van der Waals surface area contributed by atoms with Gasteiger partial charge >= 0.3 is 0 Å². The number of carbonyl (C=O) groups excluding carboxylic acids is 1. The third-order valence-corrected chi connectivity index (χ3v) is 10.3. The molecule has 10 nitrogen and oxygen atoms in total. The lowest BCUT2D eigenvalue weighted by atomic mass is 9.81. The summed E-state index contributed by atoms with van der Waals surface area (Å²) in [5.41, 5.74) is 3.74. The average Bonchev–Trinajstić information content (AvgIpc) is 3.28. The molecular weight excluding hydrogens is 615 g/mol. The number of hydrogen-bond donors (Lipinski definition) is 2. The van der Waals surface area contributed by atoms with Gasteiger partial charge in [0.2, 0.25) is 11.6 Å². The van der Waals surface area contributed by atoms with Crippen molar-refractivity contribution in [3.63, 3.8) is 0 Å². The Bertz CT molecular complexity index is 1880. The maximum absolute atomic E-state index is 12.0. The van der Waals surface area contributed by atoms with Crippen molar-refractivity contribution in [2.75, 3.05) is 25.0 Å². The largest absolute Gasteiger partial charge is 0.744 e. The Balaban J connectivity index is 1.64. The fraction of sp³-hybridized carbons (Fsp3) is 0.394. The molecule has 0 atom stereocenters. The summed E-state index contributed by atoms with van der Waals surface area (Å²) in [7, 11) is -7.12. The number of carbonyl (C=O) groups is 1. The van der Waals surface area contributed by atoms with Gasteiger partial charge in [-0.05, 0) is 68.7 Å².